The Morgan fingerprint density at radius 2 is 2.35 bits per heavy atom. The summed E-state index contributed by atoms with van der Waals surface area (Å²) in [5.41, 5.74) is 7.77. The Morgan fingerprint density at radius 1 is 1.53 bits per heavy atom. The maximum Gasteiger partial charge on any atom is 0.0674 e. The molecule has 1 aliphatic heterocycles. The van der Waals surface area contributed by atoms with Crippen molar-refractivity contribution in [2.45, 2.75) is 26.0 Å². The number of halogens is 1. The highest BCUT2D eigenvalue weighted by Gasteiger charge is 2.17. The number of nitrogen functional groups attached to an aromatic ring is 1. The second kappa shape index (κ2) is 5.71. The average molecular weight is 255 g/mol. The van der Waals surface area contributed by atoms with E-state index in [9.17, 15) is 0 Å². The van der Waals surface area contributed by atoms with Crippen molar-refractivity contribution in [2.24, 2.45) is 0 Å². The van der Waals surface area contributed by atoms with Crippen LogP contribution in [0, 0.1) is 0 Å². The largest absolute Gasteiger partial charge is 0.398 e. The maximum atomic E-state index is 6.19. The number of hydrogen-bond acceptors (Lipinski definition) is 3. The number of ether oxygens (including phenoxy) is 1. The van der Waals surface area contributed by atoms with Gasteiger partial charge in [-0.2, -0.15) is 0 Å². The highest BCUT2D eigenvalue weighted by molar-refractivity contribution is 6.31. The minimum absolute atomic E-state index is 0.279. The Hall–Kier alpha value is -0.770. The molecule has 1 saturated heterocycles. The molecule has 2 N–H and O–H groups in total. The number of nitrogens with zero attached hydrogens (tertiary/aromatic N) is 1. The van der Waals surface area contributed by atoms with E-state index in [1.54, 1.807) is 0 Å². The van der Waals surface area contributed by atoms with Crippen molar-refractivity contribution >= 4 is 17.3 Å². The van der Waals surface area contributed by atoms with Gasteiger partial charge < -0.3 is 10.5 Å². The van der Waals surface area contributed by atoms with Gasteiger partial charge in [0.15, 0.2) is 0 Å². The Labute approximate surface area is 107 Å². The smallest absolute Gasteiger partial charge is 0.0674 e. The van der Waals surface area contributed by atoms with E-state index in [-0.39, 0.29) is 6.10 Å². The monoisotopic (exact) mass is 254 g/mol. The Morgan fingerprint density at radius 3 is 3.12 bits per heavy atom. The lowest BCUT2D eigenvalue weighted by atomic mass is 10.1. The van der Waals surface area contributed by atoms with E-state index >= 15 is 0 Å². The molecule has 0 spiro atoms. The van der Waals surface area contributed by atoms with Gasteiger partial charge in [0.2, 0.25) is 0 Å². The highest BCUT2D eigenvalue weighted by atomic mass is 35.5. The summed E-state index contributed by atoms with van der Waals surface area (Å²) < 4.78 is 5.63. The number of nitrogens with two attached hydrogens (primary N) is 1. The van der Waals surface area contributed by atoms with E-state index in [1.165, 1.54) is 0 Å². The molecule has 0 saturated carbocycles. The number of hydrogen-bond donors (Lipinski definition) is 1. The zero-order valence-electron chi connectivity index (χ0n) is 10.2. The summed E-state index contributed by atoms with van der Waals surface area (Å²) in [5, 5.41) is 0.753. The topological polar surface area (TPSA) is 38.5 Å². The van der Waals surface area contributed by atoms with Crippen LogP contribution in [0.25, 0.3) is 0 Å². The zero-order chi connectivity index (χ0) is 12.3. The third kappa shape index (κ3) is 3.35. The molecule has 1 atom stereocenters. The van der Waals surface area contributed by atoms with Gasteiger partial charge in [0.1, 0.15) is 0 Å². The first kappa shape index (κ1) is 12.7. The molecule has 1 heterocycles. The summed E-state index contributed by atoms with van der Waals surface area (Å²) in [4.78, 5) is 2.36. The molecule has 4 heteroatoms. The molecule has 1 aromatic carbocycles. The Balaban J connectivity index is 2.09. The lowest BCUT2D eigenvalue weighted by Gasteiger charge is -2.23. The van der Waals surface area contributed by atoms with Gasteiger partial charge in [-0.05, 0) is 25.5 Å². The van der Waals surface area contributed by atoms with Crippen LogP contribution < -0.4 is 5.73 Å². The normalized spacial score (nSPS) is 22.4. The molecule has 0 aromatic heterocycles. The van der Waals surface area contributed by atoms with Crippen molar-refractivity contribution in [3.63, 3.8) is 0 Å². The first-order chi connectivity index (χ1) is 8.16. The molecule has 0 amide bonds. The van der Waals surface area contributed by atoms with Gasteiger partial charge in [0, 0.05) is 42.5 Å². The molecular formula is C13H19ClN2O. The van der Waals surface area contributed by atoms with Crippen LogP contribution >= 0.6 is 11.6 Å². The molecule has 1 aliphatic rings. The third-order valence-electron chi connectivity index (χ3n) is 3.07. The van der Waals surface area contributed by atoms with Crippen LogP contribution in [0.5, 0.6) is 0 Å². The lowest BCUT2D eigenvalue weighted by Crippen LogP contribution is -2.30. The molecule has 0 radical (unpaired) electrons. The van der Waals surface area contributed by atoms with Gasteiger partial charge in [-0.3, -0.25) is 4.90 Å². The van der Waals surface area contributed by atoms with Gasteiger partial charge in [-0.1, -0.05) is 17.7 Å². The van der Waals surface area contributed by atoms with E-state index in [1.807, 2.05) is 18.2 Å². The fourth-order valence-electron chi connectivity index (χ4n) is 2.19. The second-order valence-corrected chi connectivity index (χ2v) is 4.98. The van der Waals surface area contributed by atoms with E-state index in [0.29, 0.717) is 0 Å². The van der Waals surface area contributed by atoms with E-state index < -0.39 is 0 Å². The fourth-order valence-corrected chi connectivity index (χ4v) is 2.43. The van der Waals surface area contributed by atoms with Gasteiger partial charge in [0.05, 0.1) is 6.10 Å². The minimum Gasteiger partial charge on any atom is -0.398 e. The third-order valence-corrected chi connectivity index (χ3v) is 3.43. The summed E-state index contributed by atoms with van der Waals surface area (Å²) in [6, 6.07) is 5.68. The summed E-state index contributed by atoms with van der Waals surface area (Å²) in [6.45, 7) is 5.73. The van der Waals surface area contributed by atoms with Crippen molar-refractivity contribution in [1.29, 1.82) is 0 Å². The number of rotatable bonds is 2. The van der Waals surface area contributed by atoms with Crippen molar-refractivity contribution < 1.29 is 4.74 Å². The maximum absolute atomic E-state index is 6.19. The van der Waals surface area contributed by atoms with Gasteiger partial charge in [0.25, 0.3) is 0 Å². The Bertz CT molecular complexity index is 363. The molecular weight excluding hydrogens is 236 g/mol. The van der Waals surface area contributed by atoms with Crippen LogP contribution in [-0.2, 0) is 11.3 Å². The molecule has 1 fully saturated rings. The van der Waals surface area contributed by atoms with Crippen molar-refractivity contribution in [3.8, 4) is 0 Å². The van der Waals surface area contributed by atoms with Gasteiger partial charge >= 0.3 is 0 Å². The SMILES string of the molecule is CC1CN(Cc2c(N)cccc2Cl)CCCO1. The molecule has 0 bridgehead atoms. The summed E-state index contributed by atoms with van der Waals surface area (Å²) >= 11 is 6.19. The second-order valence-electron chi connectivity index (χ2n) is 4.58. The molecule has 0 aliphatic carbocycles. The summed E-state index contributed by atoms with van der Waals surface area (Å²) in [5.74, 6) is 0. The molecule has 1 unspecified atom stereocenters. The van der Waals surface area contributed by atoms with Crippen LogP contribution in [0.4, 0.5) is 5.69 Å². The lowest BCUT2D eigenvalue weighted by molar-refractivity contribution is 0.0668. The van der Waals surface area contributed by atoms with Crippen molar-refractivity contribution in [2.75, 3.05) is 25.4 Å². The zero-order valence-corrected chi connectivity index (χ0v) is 10.9. The van der Waals surface area contributed by atoms with Crippen LogP contribution in [0.1, 0.15) is 18.9 Å². The number of benzene rings is 1. The van der Waals surface area contributed by atoms with Gasteiger partial charge in [-0.15, -0.1) is 0 Å². The summed E-state index contributed by atoms with van der Waals surface area (Å²) in [6.07, 6.45) is 1.34. The Kier molecular flexibility index (Phi) is 4.26. The molecule has 17 heavy (non-hydrogen) atoms. The molecule has 94 valence electrons. The first-order valence-corrected chi connectivity index (χ1v) is 6.41. The molecule has 1 aromatic rings. The van der Waals surface area contributed by atoms with Crippen LogP contribution in [0.3, 0.4) is 0 Å². The predicted molar refractivity (Wildman–Crippen MR) is 71.2 cm³/mol. The summed E-state index contributed by atoms with van der Waals surface area (Å²) in [7, 11) is 0. The first-order valence-electron chi connectivity index (χ1n) is 6.03. The van der Waals surface area contributed by atoms with Gasteiger partial charge in [-0.25, -0.2) is 0 Å². The molecule has 2 rings (SSSR count). The van der Waals surface area contributed by atoms with Crippen LogP contribution in [0.15, 0.2) is 18.2 Å². The van der Waals surface area contributed by atoms with Crippen molar-refractivity contribution in [1.82, 2.24) is 4.90 Å². The van der Waals surface area contributed by atoms with E-state index in [2.05, 4.69) is 11.8 Å². The minimum atomic E-state index is 0.279. The quantitative estimate of drug-likeness (QED) is 0.825. The van der Waals surface area contributed by atoms with E-state index in [4.69, 9.17) is 22.1 Å². The standard InChI is InChI=1S/C13H19ClN2O/c1-10-8-16(6-3-7-17-10)9-11-12(14)4-2-5-13(11)15/h2,4-5,10H,3,6-9,15H2,1H3. The van der Waals surface area contributed by atoms with Crippen molar-refractivity contribution in [3.05, 3.63) is 28.8 Å². The van der Waals surface area contributed by atoms with Crippen LogP contribution in [0.2, 0.25) is 5.02 Å². The van der Waals surface area contributed by atoms with Crippen LogP contribution in [-0.4, -0.2) is 30.7 Å². The average Bonchev–Trinajstić information content (AvgIpc) is 2.48. The molecule has 3 nitrogen and oxygen atoms in total. The van der Waals surface area contributed by atoms with E-state index in [0.717, 1.165) is 48.9 Å². The highest BCUT2D eigenvalue weighted by Crippen LogP contribution is 2.24. The number of anilines is 1. The predicted octanol–water partition coefficient (Wildman–Crippen LogP) is 2.53. The fraction of sp³-hybridized carbons (Fsp3) is 0.538.